The molecule has 0 fully saturated rings. The summed E-state index contributed by atoms with van der Waals surface area (Å²) in [4.78, 5) is 32.8. The van der Waals surface area contributed by atoms with E-state index in [4.69, 9.17) is 23.2 Å². The number of rotatable bonds is 1. The lowest BCUT2D eigenvalue weighted by Crippen LogP contribution is -2.07. The lowest BCUT2D eigenvalue weighted by Gasteiger charge is -2.11. The lowest BCUT2D eigenvalue weighted by molar-refractivity contribution is -0.383. The maximum atomic E-state index is 12.5. The van der Waals surface area contributed by atoms with Gasteiger partial charge in [0, 0.05) is 11.5 Å². The van der Waals surface area contributed by atoms with Crippen molar-refractivity contribution >= 4 is 61.3 Å². The van der Waals surface area contributed by atoms with Gasteiger partial charge in [-0.05, 0) is 18.2 Å². The summed E-state index contributed by atoms with van der Waals surface area (Å²) in [5.41, 5.74) is 0.170. The summed E-state index contributed by atoms with van der Waals surface area (Å²) in [7, 11) is 0. The molecule has 0 spiro atoms. The molecule has 0 unspecified atom stereocenters. The van der Waals surface area contributed by atoms with Crippen molar-refractivity contribution in [2.45, 2.75) is 0 Å². The second-order valence-electron chi connectivity index (χ2n) is 4.95. The van der Waals surface area contributed by atoms with Gasteiger partial charge in [0.1, 0.15) is 15.0 Å². The fourth-order valence-electron chi connectivity index (χ4n) is 2.56. The molecule has 1 aromatic carbocycles. The van der Waals surface area contributed by atoms with Crippen molar-refractivity contribution in [1.29, 1.82) is 0 Å². The molecule has 6 nitrogen and oxygen atoms in total. The van der Waals surface area contributed by atoms with Crippen molar-refractivity contribution in [1.82, 2.24) is 9.97 Å². The monoisotopic (exact) mass is 377 g/mol. The smallest absolute Gasteiger partial charge is 0.279 e. The van der Waals surface area contributed by atoms with E-state index in [0.29, 0.717) is 20.9 Å². The molecule has 0 saturated heterocycles. The van der Waals surface area contributed by atoms with E-state index < -0.39 is 10.4 Å². The van der Waals surface area contributed by atoms with Gasteiger partial charge in [-0.15, -0.1) is 11.3 Å². The summed E-state index contributed by atoms with van der Waals surface area (Å²) >= 11 is 13.2. The molecule has 1 aromatic heterocycles. The molecule has 2 aliphatic rings. The Balaban J connectivity index is 2.32. The van der Waals surface area contributed by atoms with Crippen molar-refractivity contribution in [3.05, 3.63) is 60.8 Å². The van der Waals surface area contributed by atoms with E-state index in [1.807, 2.05) is 0 Å². The van der Waals surface area contributed by atoms with E-state index >= 15 is 0 Å². The van der Waals surface area contributed by atoms with Crippen molar-refractivity contribution in [2.24, 2.45) is 0 Å². The first-order valence-electron chi connectivity index (χ1n) is 6.63. The van der Waals surface area contributed by atoms with Crippen LogP contribution in [0.1, 0.15) is 0 Å². The highest BCUT2D eigenvalue weighted by atomic mass is 35.5. The number of nitro benzene ring substituents is 1. The number of non-ortho nitro benzene ring substituents is 1. The van der Waals surface area contributed by atoms with Crippen LogP contribution >= 0.6 is 34.5 Å². The van der Waals surface area contributed by atoms with E-state index in [9.17, 15) is 14.9 Å². The molecular weight excluding hydrogens is 373 g/mol. The first-order chi connectivity index (χ1) is 11.5. The van der Waals surface area contributed by atoms with Crippen LogP contribution in [0, 0.1) is 10.1 Å². The summed E-state index contributed by atoms with van der Waals surface area (Å²) < 4.78 is 0. The summed E-state index contributed by atoms with van der Waals surface area (Å²) in [6, 6.07) is 7.55. The molecule has 1 aliphatic carbocycles. The Morgan fingerprint density at radius 3 is 2.67 bits per heavy atom. The molecule has 118 valence electrons. The highest BCUT2D eigenvalue weighted by Gasteiger charge is 2.25. The standard InChI is InChI=1S/C15H5Cl2N3O3S/c16-9-5-4-7-15(19-9)24-14-11(17)13(21)6-2-1-3-8(20(22)23)10(6)12(14)18-7/h1-5H. The highest BCUT2D eigenvalue weighted by molar-refractivity contribution is 7.21. The van der Waals surface area contributed by atoms with Crippen LogP contribution in [0.4, 0.5) is 5.69 Å². The van der Waals surface area contributed by atoms with Gasteiger partial charge in [0.15, 0.2) is 0 Å². The van der Waals surface area contributed by atoms with E-state index in [1.165, 1.54) is 18.2 Å². The highest BCUT2D eigenvalue weighted by Crippen LogP contribution is 2.41. The number of hydrogen-bond donors (Lipinski definition) is 0. The summed E-state index contributed by atoms with van der Waals surface area (Å²) in [5.74, 6) is 0. The average molecular weight is 378 g/mol. The molecule has 0 saturated carbocycles. The maximum absolute atomic E-state index is 12.5. The Morgan fingerprint density at radius 2 is 1.92 bits per heavy atom. The van der Waals surface area contributed by atoms with E-state index in [2.05, 4.69) is 9.97 Å². The third-order valence-electron chi connectivity index (χ3n) is 3.57. The second kappa shape index (κ2) is 5.34. The second-order valence-corrected chi connectivity index (χ2v) is 6.71. The first-order valence-corrected chi connectivity index (χ1v) is 8.20. The normalized spacial score (nSPS) is 11.4. The van der Waals surface area contributed by atoms with E-state index in [0.717, 1.165) is 11.3 Å². The van der Waals surface area contributed by atoms with Gasteiger partial charge in [-0.2, -0.15) is 0 Å². The summed E-state index contributed by atoms with van der Waals surface area (Å²) in [6.45, 7) is 0. The molecule has 2 heterocycles. The van der Waals surface area contributed by atoms with Gasteiger partial charge in [-0.1, -0.05) is 29.3 Å². The number of benzene rings is 2. The maximum Gasteiger partial charge on any atom is 0.279 e. The van der Waals surface area contributed by atoms with Crippen LogP contribution in [-0.2, 0) is 0 Å². The molecule has 0 N–H and O–H groups in total. The van der Waals surface area contributed by atoms with Crippen molar-refractivity contribution in [3.8, 4) is 10.6 Å². The van der Waals surface area contributed by atoms with Crippen molar-refractivity contribution < 1.29 is 4.92 Å². The molecule has 2 aromatic rings. The van der Waals surface area contributed by atoms with Crippen molar-refractivity contribution in [2.75, 3.05) is 0 Å². The number of fused-ring (bicyclic) bond motifs is 4. The van der Waals surface area contributed by atoms with Gasteiger partial charge in [0.25, 0.3) is 5.69 Å². The number of nitro groups is 1. The van der Waals surface area contributed by atoms with Gasteiger partial charge in [0.2, 0.25) is 5.43 Å². The molecule has 4 rings (SSSR count). The zero-order valence-electron chi connectivity index (χ0n) is 11.6. The molecular formula is C15H5Cl2N3O3S. The van der Waals surface area contributed by atoms with Crippen LogP contribution in [0.5, 0.6) is 0 Å². The van der Waals surface area contributed by atoms with E-state index in [1.54, 1.807) is 12.1 Å². The Bertz CT molecular complexity index is 1190. The average Bonchev–Trinajstić information content (AvgIpc) is 2.57. The fraction of sp³-hybridized carbons (Fsp3) is 0. The van der Waals surface area contributed by atoms with Gasteiger partial charge in [-0.3, -0.25) is 14.9 Å². The van der Waals surface area contributed by atoms with Gasteiger partial charge < -0.3 is 0 Å². The molecule has 0 bridgehead atoms. The number of hydrogen-bond acceptors (Lipinski definition) is 6. The number of nitrogens with zero attached hydrogens (tertiary/aromatic N) is 3. The predicted molar refractivity (Wildman–Crippen MR) is 94.5 cm³/mol. The number of aromatic nitrogens is 2. The fourth-order valence-corrected chi connectivity index (χ4v) is 4.04. The minimum Gasteiger partial charge on any atom is -0.288 e. The Kier molecular flexibility index (Phi) is 3.38. The topological polar surface area (TPSA) is 86.0 Å². The molecule has 0 atom stereocenters. The Hall–Kier alpha value is -2.35. The van der Waals surface area contributed by atoms with Crippen molar-refractivity contribution in [3.63, 3.8) is 0 Å². The Morgan fingerprint density at radius 1 is 1.12 bits per heavy atom. The number of pyridine rings is 1. The van der Waals surface area contributed by atoms with Crippen LogP contribution in [0.15, 0.2) is 35.1 Å². The van der Waals surface area contributed by atoms with Gasteiger partial charge in [0.05, 0.1) is 26.4 Å². The first kappa shape index (κ1) is 15.2. The van der Waals surface area contributed by atoms with Crippen LogP contribution in [0.25, 0.3) is 31.7 Å². The zero-order valence-corrected chi connectivity index (χ0v) is 13.9. The minimum atomic E-state index is -0.536. The third kappa shape index (κ3) is 2.13. The van der Waals surface area contributed by atoms with Gasteiger partial charge in [-0.25, -0.2) is 9.97 Å². The molecule has 0 amide bonds. The largest absolute Gasteiger partial charge is 0.288 e. The van der Waals surface area contributed by atoms with Crippen LogP contribution in [0.3, 0.4) is 0 Å². The summed E-state index contributed by atoms with van der Waals surface area (Å²) in [5, 5.41) is 12.0. The van der Waals surface area contributed by atoms with Gasteiger partial charge >= 0.3 is 0 Å². The third-order valence-corrected chi connectivity index (χ3v) is 5.35. The van der Waals surface area contributed by atoms with Crippen LogP contribution in [0.2, 0.25) is 10.2 Å². The molecule has 0 radical (unpaired) electrons. The predicted octanol–water partition coefficient (Wildman–Crippen LogP) is 4.52. The van der Waals surface area contributed by atoms with E-state index in [-0.39, 0.29) is 26.6 Å². The SMILES string of the molecule is O=c1c(Cl)c2sc3nc(Cl)ccc3nc-2c2c([N+](=O)[O-])cccc12. The Labute approximate surface area is 147 Å². The quantitative estimate of drug-likeness (QED) is 0.160. The molecule has 1 aliphatic heterocycles. The lowest BCUT2D eigenvalue weighted by atomic mass is 10.0. The summed E-state index contributed by atoms with van der Waals surface area (Å²) in [6.07, 6.45) is 0. The van der Waals surface area contributed by atoms with Crippen LogP contribution < -0.4 is 5.43 Å². The zero-order chi connectivity index (χ0) is 17.0. The minimum absolute atomic E-state index is 0.0285. The van der Waals surface area contributed by atoms with Crippen LogP contribution in [-0.4, -0.2) is 14.9 Å². The molecule has 24 heavy (non-hydrogen) atoms. The number of halogens is 2. The molecule has 9 heteroatoms.